The third-order valence-electron chi connectivity index (χ3n) is 4.80. The Morgan fingerprint density at radius 2 is 1.67 bits per heavy atom. The highest BCUT2D eigenvalue weighted by molar-refractivity contribution is 7.90. The highest BCUT2D eigenvalue weighted by atomic mass is 32.2. The van der Waals surface area contributed by atoms with Gasteiger partial charge in [0, 0.05) is 12.3 Å². The first-order valence-electron chi connectivity index (χ1n) is 9.99. The van der Waals surface area contributed by atoms with Gasteiger partial charge >= 0.3 is 11.9 Å². The first kappa shape index (κ1) is 23.9. The van der Waals surface area contributed by atoms with Crippen LogP contribution in [0.3, 0.4) is 0 Å². The van der Waals surface area contributed by atoms with Gasteiger partial charge in [-0.3, -0.25) is 0 Å². The Bertz CT molecular complexity index is 1280. The van der Waals surface area contributed by atoms with Crippen molar-refractivity contribution in [3.05, 3.63) is 95.1 Å². The maximum absolute atomic E-state index is 13.1. The highest BCUT2D eigenvalue weighted by Crippen LogP contribution is 2.21. The van der Waals surface area contributed by atoms with Crippen LogP contribution in [-0.4, -0.2) is 31.4 Å². The molecule has 1 aromatic heterocycles. The zero-order valence-electron chi connectivity index (χ0n) is 18.0. The molecule has 2 aromatic carbocycles. The minimum absolute atomic E-state index is 0.00897. The maximum atomic E-state index is 13.1. The van der Waals surface area contributed by atoms with Gasteiger partial charge in [0.2, 0.25) is 0 Å². The van der Waals surface area contributed by atoms with Gasteiger partial charge < -0.3 is 9.47 Å². The van der Waals surface area contributed by atoms with Gasteiger partial charge in [0.25, 0.3) is 10.0 Å². The summed E-state index contributed by atoms with van der Waals surface area (Å²) >= 11 is 0. The smallest absolute Gasteiger partial charge is 0.355 e. The number of nitrogens with zero attached hydrogens (tertiary/aromatic N) is 1. The van der Waals surface area contributed by atoms with Gasteiger partial charge in [0.05, 0.1) is 12.0 Å². The number of hydrogen-bond donors (Lipinski definition) is 0. The van der Waals surface area contributed by atoms with Crippen molar-refractivity contribution in [3.8, 4) is 0 Å². The number of hydrogen-bond acceptors (Lipinski definition) is 6. The number of esters is 2. The molecule has 0 fully saturated rings. The van der Waals surface area contributed by atoms with E-state index < -0.39 is 27.8 Å². The Morgan fingerprint density at radius 1 is 1.03 bits per heavy atom. The fourth-order valence-corrected chi connectivity index (χ4v) is 4.32. The van der Waals surface area contributed by atoms with Crippen LogP contribution in [0.5, 0.6) is 0 Å². The summed E-state index contributed by atoms with van der Waals surface area (Å²) in [6.45, 7) is 1.90. The molecular weight excluding hydrogens is 449 g/mol. The topological polar surface area (TPSA) is 91.7 Å². The minimum atomic E-state index is -4.08. The van der Waals surface area contributed by atoms with Crippen molar-refractivity contribution in [2.24, 2.45) is 0 Å². The van der Waals surface area contributed by atoms with Gasteiger partial charge in [-0.1, -0.05) is 31.2 Å². The lowest BCUT2D eigenvalue weighted by molar-refractivity contribution is -0.138. The Morgan fingerprint density at radius 3 is 2.27 bits per heavy atom. The largest absolute Gasteiger partial charge is 0.464 e. The van der Waals surface area contributed by atoms with Crippen molar-refractivity contribution >= 4 is 28.0 Å². The van der Waals surface area contributed by atoms with E-state index in [-0.39, 0.29) is 22.8 Å². The second-order valence-corrected chi connectivity index (χ2v) is 8.83. The van der Waals surface area contributed by atoms with E-state index in [1.54, 1.807) is 12.1 Å². The third kappa shape index (κ3) is 5.75. The van der Waals surface area contributed by atoms with Gasteiger partial charge in [0.15, 0.2) is 0 Å². The van der Waals surface area contributed by atoms with Gasteiger partial charge in [0.1, 0.15) is 18.1 Å². The molecule has 0 unspecified atom stereocenters. The van der Waals surface area contributed by atoms with Crippen LogP contribution in [0.2, 0.25) is 0 Å². The van der Waals surface area contributed by atoms with Gasteiger partial charge in [-0.25, -0.2) is 26.4 Å². The monoisotopic (exact) mass is 471 g/mol. The Kier molecular flexibility index (Phi) is 7.44. The average Bonchev–Trinajstić information content (AvgIpc) is 3.27. The van der Waals surface area contributed by atoms with Gasteiger partial charge in [-0.15, -0.1) is 0 Å². The summed E-state index contributed by atoms with van der Waals surface area (Å²) in [6, 6.07) is 13.1. The lowest BCUT2D eigenvalue weighted by Crippen LogP contribution is -2.18. The van der Waals surface area contributed by atoms with Crippen LogP contribution in [0.4, 0.5) is 4.39 Å². The molecular formula is C24H22FNO6S. The molecule has 0 amide bonds. The van der Waals surface area contributed by atoms with E-state index in [4.69, 9.17) is 9.47 Å². The Hall–Kier alpha value is -3.72. The summed E-state index contributed by atoms with van der Waals surface area (Å²) < 4.78 is 49.8. The number of aryl methyl sites for hydroxylation is 1. The van der Waals surface area contributed by atoms with Crippen LogP contribution in [0.1, 0.15) is 34.1 Å². The summed E-state index contributed by atoms with van der Waals surface area (Å²) in [6.07, 6.45) is 4.40. The zero-order chi connectivity index (χ0) is 24.0. The fraction of sp³-hybridized carbons (Fsp3) is 0.167. The molecule has 0 aliphatic rings. The first-order chi connectivity index (χ1) is 15.7. The van der Waals surface area contributed by atoms with E-state index in [2.05, 4.69) is 0 Å². The number of ether oxygens (including phenoxy) is 2. The lowest BCUT2D eigenvalue weighted by Gasteiger charge is -2.09. The van der Waals surface area contributed by atoms with Crippen molar-refractivity contribution in [1.29, 1.82) is 0 Å². The van der Waals surface area contributed by atoms with E-state index >= 15 is 0 Å². The van der Waals surface area contributed by atoms with E-state index in [9.17, 15) is 22.4 Å². The molecule has 0 saturated carbocycles. The van der Waals surface area contributed by atoms with E-state index in [0.717, 1.165) is 29.1 Å². The van der Waals surface area contributed by atoms with Crippen molar-refractivity contribution < 1.29 is 31.9 Å². The number of rotatable bonds is 8. The van der Waals surface area contributed by atoms with E-state index in [1.807, 2.05) is 6.92 Å². The van der Waals surface area contributed by atoms with Crippen LogP contribution in [-0.2, 0) is 37.3 Å². The lowest BCUT2D eigenvalue weighted by atomic mass is 10.2. The van der Waals surface area contributed by atoms with E-state index in [1.165, 1.54) is 54.7 Å². The molecule has 3 aromatic rings. The van der Waals surface area contributed by atoms with Crippen molar-refractivity contribution in [2.75, 3.05) is 7.11 Å². The Labute approximate surface area is 191 Å². The van der Waals surface area contributed by atoms with Gasteiger partial charge in [-0.05, 0) is 59.5 Å². The van der Waals surface area contributed by atoms with Crippen molar-refractivity contribution in [3.63, 3.8) is 0 Å². The standard InChI is InChI=1S/C24H22FNO6S/c1-3-17-6-11-21(12-7-17)33(29,30)26-15-19(14-22(26)24(28)31-2)8-13-23(27)32-16-18-4-9-20(25)10-5-18/h4-15H,3,16H2,1-2H3/b13-8+. The average molecular weight is 472 g/mol. The maximum Gasteiger partial charge on any atom is 0.355 e. The molecule has 0 aliphatic carbocycles. The molecule has 0 spiro atoms. The molecule has 0 aliphatic heterocycles. The quantitative estimate of drug-likeness (QED) is 0.365. The van der Waals surface area contributed by atoms with Crippen molar-refractivity contribution in [2.45, 2.75) is 24.8 Å². The summed E-state index contributed by atoms with van der Waals surface area (Å²) in [5.74, 6) is -1.93. The molecule has 0 N–H and O–H groups in total. The van der Waals surface area contributed by atoms with Crippen LogP contribution in [0, 0.1) is 5.82 Å². The third-order valence-corrected chi connectivity index (χ3v) is 6.48. The summed E-state index contributed by atoms with van der Waals surface area (Å²) in [4.78, 5) is 24.2. The molecule has 3 rings (SSSR count). The summed E-state index contributed by atoms with van der Waals surface area (Å²) in [5, 5.41) is 0. The Balaban J connectivity index is 1.82. The van der Waals surface area contributed by atoms with Crippen LogP contribution in [0.15, 0.2) is 71.8 Å². The number of aromatic nitrogens is 1. The molecule has 0 atom stereocenters. The number of methoxy groups -OCH3 is 1. The van der Waals surface area contributed by atoms with Crippen LogP contribution < -0.4 is 0 Å². The number of benzene rings is 2. The zero-order valence-corrected chi connectivity index (χ0v) is 18.8. The predicted octanol–water partition coefficient (Wildman–Crippen LogP) is 3.97. The summed E-state index contributed by atoms with van der Waals surface area (Å²) in [5.41, 5.74) is 1.65. The molecule has 1 heterocycles. The van der Waals surface area contributed by atoms with Gasteiger partial charge in [-0.2, -0.15) is 0 Å². The molecule has 0 bridgehead atoms. The highest BCUT2D eigenvalue weighted by Gasteiger charge is 2.24. The molecule has 9 heteroatoms. The molecule has 33 heavy (non-hydrogen) atoms. The number of halogens is 1. The number of carbonyl (C=O) groups excluding carboxylic acids is 2. The molecule has 7 nitrogen and oxygen atoms in total. The molecule has 172 valence electrons. The second kappa shape index (κ2) is 10.3. The SMILES string of the molecule is CCc1ccc(S(=O)(=O)n2cc(/C=C/C(=O)OCc3ccc(F)cc3)cc2C(=O)OC)cc1. The van der Waals surface area contributed by atoms with Crippen LogP contribution in [0.25, 0.3) is 6.08 Å². The molecule has 0 radical (unpaired) electrons. The van der Waals surface area contributed by atoms with Crippen LogP contribution >= 0.6 is 0 Å². The van der Waals surface area contributed by atoms with Crippen molar-refractivity contribution in [1.82, 2.24) is 3.97 Å². The molecule has 0 saturated heterocycles. The first-order valence-corrected chi connectivity index (χ1v) is 11.4. The second-order valence-electron chi connectivity index (χ2n) is 7.02. The van der Waals surface area contributed by atoms with E-state index in [0.29, 0.717) is 5.56 Å². The fourth-order valence-electron chi connectivity index (χ4n) is 2.97. The summed E-state index contributed by atoms with van der Waals surface area (Å²) in [7, 11) is -2.94. The number of carbonyl (C=O) groups is 2. The predicted molar refractivity (Wildman–Crippen MR) is 119 cm³/mol. The minimum Gasteiger partial charge on any atom is -0.464 e. The normalized spacial score (nSPS) is 11.5.